The molecule has 0 atom stereocenters. The van der Waals surface area contributed by atoms with Gasteiger partial charge in [0, 0.05) is 23.1 Å². The van der Waals surface area contributed by atoms with Crippen LogP contribution in [0.1, 0.15) is 26.1 Å². The number of aryl methyl sites for hydroxylation is 1. The zero-order chi connectivity index (χ0) is 18.7. The van der Waals surface area contributed by atoms with Crippen LogP contribution in [0.2, 0.25) is 0 Å². The van der Waals surface area contributed by atoms with Crippen LogP contribution in [0.15, 0.2) is 36.4 Å². The number of thioether (sulfide) groups is 2. The lowest BCUT2D eigenvalue weighted by Crippen LogP contribution is -2.10. The second-order valence-corrected chi connectivity index (χ2v) is 8.36. The smallest absolute Gasteiger partial charge is 0.343 e. The maximum Gasteiger partial charge on any atom is 0.343 e. The highest BCUT2D eigenvalue weighted by Gasteiger charge is 2.22. The van der Waals surface area contributed by atoms with Crippen LogP contribution < -0.4 is 9.47 Å². The number of nitrogens with zero attached hydrogens (tertiary/aromatic N) is 1. The molecule has 136 valence electrons. The average Bonchev–Trinajstić information content (AvgIpc) is 3.16. The average molecular weight is 391 g/mol. The van der Waals surface area contributed by atoms with Crippen LogP contribution in [-0.2, 0) is 0 Å². The third kappa shape index (κ3) is 3.96. The van der Waals surface area contributed by atoms with E-state index in [0.717, 1.165) is 17.1 Å². The Kier molecular flexibility index (Phi) is 5.73. The molecule has 2 aromatic carbocycles. The summed E-state index contributed by atoms with van der Waals surface area (Å²) in [5.74, 6) is 2.31. The van der Waals surface area contributed by atoms with E-state index >= 15 is 0 Å². The normalized spacial score (nSPS) is 14.2. The van der Waals surface area contributed by atoms with Gasteiger partial charge in [0.1, 0.15) is 0 Å². The number of nitro groups is 1. The molecule has 3 rings (SSSR count). The number of carbonyl (C=O) groups excluding carboxylic acids is 1. The molecule has 1 heterocycles. The van der Waals surface area contributed by atoms with Gasteiger partial charge >= 0.3 is 5.97 Å². The molecule has 0 aromatic heterocycles. The van der Waals surface area contributed by atoms with E-state index in [1.807, 2.05) is 35.7 Å². The van der Waals surface area contributed by atoms with Gasteiger partial charge in [-0.15, -0.1) is 23.5 Å². The zero-order valence-electron chi connectivity index (χ0n) is 14.3. The minimum Gasteiger partial charge on any atom is -0.493 e. The van der Waals surface area contributed by atoms with Gasteiger partial charge in [-0.3, -0.25) is 10.1 Å². The first-order valence-corrected chi connectivity index (χ1v) is 9.97. The molecule has 0 spiro atoms. The summed E-state index contributed by atoms with van der Waals surface area (Å²) in [5.41, 5.74) is 1.60. The van der Waals surface area contributed by atoms with Gasteiger partial charge in [-0.25, -0.2) is 4.79 Å². The molecule has 6 nitrogen and oxygen atoms in total. The molecule has 8 heteroatoms. The van der Waals surface area contributed by atoms with Gasteiger partial charge < -0.3 is 9.47 Å². The molecule has 1 aliphatic heterocycles. The first kappa shape index (κ1) is 18.6. The van der Waals surface area contributed by atoms with Gasteiger partial charge in [0.25, 0.3) is 5.69 Å². The molecule has 0 unspecified atom stereocenters. The summed E-state index contributed by atoms with van der Waals surface area (Å²) in [6, 6.07) is 9.76. The number of nitro benzene ring substituents is 1. The second-order valence-electron chi connectivity index (χ2n) is 5.63. The van der Waals surface area contributed by atoms with E-state index in [2.05, 4.69) is 0 Å². The van der Waals surface area contributed by atoms with Gasteiger partial charge in [0.15, 0.2) is 11.5 Å². The summed E-state index contributed by atoms with van der Waals surface area (Å²) in [7, 11) is 1.52. The predicted molar refractivity (Wildman–Crippen MR) is 103 cm³/mol. The summed E-state index contributed by atoms with van der Waals surface area (Å²) in [6.45, 7) is 1.62. The molecule has 0 aliphatic carbocycles. The van der Waals surface area contributed by atoms with Gasteiger partial charge in [-0.05, 0) is 30.7 Å². The number of hydrogen-bond donors (Lipinski definition) is 0. The van der Waals surface area contributed by atoms with Crippen LogP contribution in [-0.4, -0.2) is 29.5 Å². The largest absolute Gasteiger partial charge is 0.493 e. The SMILES string of the molecule is COc1cc(C2SCCS2)ccc1OC(=O)c1ccc(C)c([N+](=O)[O-])c1. The molecule has 2 aromatic rings. The van der Waals surface area contributed by atoms with Gasteiger partial charge in [0.05, 0.1) is 22.2 Å². The Morgan fingerprint density at radius 1 is 1.15 bits per heavy atom. The molecule has 0 amide bonds. The molecule has 0 N–H and O–H groups in total. The van der Waals surface area contributed by atoms with Gasteiger partial charge in [-0.2, -0.15) is 0 Å². The molecule has 26 heavy (non-hydrogen) atoms. The quantitative estimate of drug-likeness (QED) is 0.319. The van der Waals surface area contributed by atoms with Gasteiger partial charge in [-0.1, -0.05) is 12.1 Å². The number of methoxy groups -OCH3 is 1. The molecule has 0 bridgehead atoms. The summed E-state index contributed by atoms with van der Waals surface area (Å²) in [6.07, 6.45) is 0. The van der Waals surface area contributed by atoms with Crippen LogP contribution in [0.4, 0.5) is 5.69 Å². The van der Waals surface area contributed by atoms with Crippen molar-refractivity contribution in [2.24, 2.45) is 0 Å². The first-order chi connectivity index (χ1) is 12.5. The Morgan fingerprint density at radius 2 is 1.88 bits per heavy atom. The highest BCUT2D eigenvalue weighted by molar-refractivity contribution is 8.19. The summed E-state index contributed by atoms with van der Waals surface area (Å²) in [4.78, 5) is 22.9. The number of ether oxygens (including phenoxy) is 2. The third-order valence-electron chi connectivity index (χ3n) is 3.93. The number of rotatable bonds is 5. The highest BCUT2D eigenvalue weighted by Crippen LogP contribution is 2.47. The maximum atomic E-state index is 12.4. The zero-order valence-corrected chi connectivity index (χ0v) is 15.9. The lowest BCUT2D eigenvalue weighted by Gasteiger charge is -2.13. The molecule has 1 saturated heterocycles. The minimum absolute atomic E-state index is 0.114. The molecule has 1 fully saturated rings. The summed E-state index contributed by atoms with van der Waals surface area (Å²) < 4.78 is 11.1. The first-order valence-electron chi connectivity index (χ1n) is 7.88. The molecule has 0 saturated carbocycles. The van der Waals surface area contributed by atoms with Crippen molar-refractivity contribution < 1.29 is 19.2 Å². The van der Waals surface area contributed by atoms with Crippen LogP contribution >= 0.6 is 23.5 Å². The molecular weight excluding hydrogens is 374 g/mol. The number of hydrogen-bond acceptors (Lipinski definition) is 7. The Hall–Kier alpha value is -2.19. The van der Waals surface area contributed by atoms with Crippen molar-refractivity contribution in [3.8, 4) is 11.5 Å². The van der Waals surface area contributed by atoms with Crippen LogP contribution in [0.25, 0.3) is 0 Å². The fraction of sp³-hybridized carbons (Fsp3) is 0.278. The highest BCUT2D eigenvalue weighted by atomic mass is 32.2. The van der Waals surface area contributed by atoms with Crippen molar-refractivity contribution in [3.05, 3.63) is 63.2 Å². The Bertz CT molecular complexity index is 849. The molecular formula is C18H17NO5S2. The summed E-state index contributed by atoms with van der Waals surface area (Å²) >= 11 is 3.75. The van der Waals surface area contributed by atoms with Crippen molar-refractivity contribution >= 4 is 35.2 Å². The topological polar surface area (TPSA) is 78.7 Å². The lowest BCUT2D eigenvalue weighted by atomic mass is 10.1. The van der Waals surface area contributed by atoms with Crippen LogP contribution in [0.3, 0.4) is 0 Å². The Labute approximate surface area is 159 Å². The van der Waals surface area contributed by atoms with Crippen molar-refractivity contribution in [2.75, 3.05) is 18.6 Å². The third-order valence-corrected chi connectivity index (χ3v) is 7.03. The Balaban J connectivity index is 1.82. The van der Waals surface area contributed by atoms with E-state index in [1.165, 1.54) is 25.3 Å². The molecule has 1 aliphatic rings. The van der Waals surface area contributed by atoms with Crippen molar-refractivity contribution in [3.63, 3.8) is 0 Å². The van der Waals surface area contributed by atoms with Crippen LogP contribution in [0, 0.1) is 17.0 Å². The van der Waals surface area contributed by atoms with Crippen molar-refractivity contribution in [2.45, 2.75) is 11.5 Å². The monoisotopic (exact) mass is 391 g/mol. The fourth-order valence-corrected chi connectivity index (χ4v) is 5.40. The van der Waals surface area contributed by atoms with E-state index in [4.69, 9.17) is 9.47 Å². The fourth-order valence-electron chi connectivity index (χ4n) is 2.56. The lowest BCUT2D eigenvalue weighted by molar-refractivity contribution is -0.385. The number of benzene rings is 2. The Morgan fingerprint density at radius 3 is 2.54 bits per heavy atom. The van der Waals surface area contributed by atoms with Crippen molar-refractivity contribution in [1.29, 1.82) is 0 Å². The standard InChI is InChI=1S/C18H17NO5S2/c1-11-3-4-12(9-14(11)19(21)22)17(20)24-15-6-5-13(10-16(15)23-2)18-25-7-8-26-18/h3-6,9-10,18H,7-8H2,1-2H3. The second kappa shape index (κ2) is 8.01. The van der Waals surface area contributed by atoms with E-state index in [9.17, 15) is 14.9 Å². The van der Waals surface area contributed by atoms with E-state index in [-0.39, 0.29) is 17.0 Å². The minimum atomic E-state index is -0.663. The van der Waals surface area contributed by atoms with Crippen LogP contribution in [0.5, 0.6) is 11.5 Å². The predicted octanol–water partition coefficient (Wildman–Crippen LogP) is 4.61. The summed E-state index contributed by atoms with van der Waals surface area (Å²) in [5, 5.41) is 11.0. The van der Waals surface area contributed by atoms with E-state index in [1.54, 1.807) is 13.0 Å². The van der Waals surface area contributed by atoms with E-state index in [0.29, 0.717) is 15.9 Å². The number of esters is 1. The maximum absolute atomic E-state index is 12.4. The molecule has 0 radical (unpaired) electrons. The van der Waals surface area contributed by atoms with E-state index < -0.39 is 10.9 Å². The van der Waals surface area contributed by atoms with Gasteiger partial charge in [0.2, 0.25) is 0 Å². The van der Waals surface area contributed by atoms with Crippen molar-refractivity contribution in [1.82, 2.24) is 0 Å². The number of carbonyl (C=O) groups is 1.